The van der Waals surface area contributed by atoms with Crippen LogP contribution in [0.2, 0.25) is 0 Å². The molecule has 2 aromatic carbocycles. The number of rotatable bonds is 5. The fraction of sp³-hybridized carbons (Fsp3) is 0.552. The maximum absolute atomic E-state index is 14.6. The molecule has 2 aliphatic carbocycles. The standard InChI is InChI=1S/C29H34O5/c1-26(2)12-8-13-27(3)24(26)11-14-28(4)29(27,34-28)25(30)20-15-22-23(33-18-32-22)16-21(20)31-17-19-9-6-5-7-10-19/h5-7,9-10,15-16,24H,8,11-14,17-18H2,1-4H3/t24-,27-,28+,29-/m0/s1. The highest BCUT2D eigenvalue weighted by atomic mass is 16.7. The Labute approximate surface area is 201 Å². The monoisotopic (exact) mass is 462 g/mol. The van der Waals surface area contributed by atoms with E-state index in [4.69, 9.17) is 18.9 Å². The van der Waals surface area contributed by atoms with Crippen LogP contribution in [0.5, 0.6) is 17.2 Å². The largest absolute Gasteiger partial charge is 0.488 e. The van der Waals surface area contributed by atoms with Crippen molar-refractivity contribution in [1.82, 2.24) is 0 Å². The third-order valence-corrected chi connectivity index (χ3v) is 9.30. The van der Waals surface area contributed by atoms with Gasteiger partial charge in [-0.15, -0.1) is 0 Å². The maximum Gasteiger partial charge on any atom is 0.231 e. The molecule has 2 aromatic rings. The van der Waals surface area contributed by atoms with Gasteiger partial charge in [-0.3, -0.25) is 4.79 Å². The average Bonchev–Trinajstić information content (AvgIpc) is 3.23. The maximum atomic E-state index is 14.6. The van der Waals surface area contributed by atoms with E-state index in [0.717, 1.165) is 31.2 Å². The molecule has 1 saturated heterocycles. The van der Waals surface area contributed by atoms with Gasteiger partial charge >= 0.3 is 0 Å². The summed E-state index contributed by atoms with van der Waals surface area (Å²) in [4.78, 5) is 14.6. The molecule has 2 saturated carbocycles. The summed E-state index contributed by atoms with van der Waals surface area (Å²) in [6.07, 6.45) is 5.34. The Bertz CT molecular complexity index is 1140. The van der Waals surface area contributed by atoms with Gasteiger partial charge in [-0.05, 0) is 55.6 Å². The highest BCUT2D eigenvalue weighted by Crippen LogP contribution is 2.74. The van der Waals surface area contributed by atoms with Crippen LogP contribution < -0.4 is 14.2 Å². The summed E-state index contributed by atoms with van der Waals surface area (Å²) in [7, 11) is 0. The van der Waals surface area contributed by atoms with Gasteiger partial charge in [-0.25, -0.2) is 0 Å². The van der Waals surface area contributed by atoms with Crippen molar-refractivity contribution in [3.05, 3.63) is 53.6 Å². The van der Waals surface area contributed by atoms with Gasteiger partial charge < -0.3 is 18.9 Å². The zero-order chi connectivity index (χ0) is 23.8. The lowest BCUT2D eigenvalue weighted by molar-refractivity contribution is -0.0582. The van der Waals surface area contributed by atoms with Crippen LogP contribution in [0.3, 0.4) is 0 Å². The number of ether oxygens (including phenoxy) is 4. The van der Waals surface area contributed by atoms with E-state index < -0.39 is 11.2 Å². The summed E-state index contributed by atoms with van der Waals surface area (Å²) < 4.78 is 24.1. The number of carbonyl (C=O) groups is 1. The number of carbonyl (C=O) groups excluding carboxylic acids is 1. The van der Waals surface area contributed by atoms with Gasteiger partial charge in [0.15, 0.2) is 17.1 Å². The minimum Gasteiger partial charge on any atom is -0.488 e. The molecule has 6 rings (SSSR count). The molecular formula is C29H34O5. The fourth-order valence-corrected chi connectivity index (χ4v) is 7.62. The Morgan fingerprint density at radius 1 is 1.00 bits per heavy atom. The van der Waals surface area contributed by atoms with Crippen molar-refractivity contribution in [1.29, 1.82) is 0 Å². The molecule has 0 amide bonds. The quantitative estimate of drug-likeness (QED) is 0.384. The van der Waals surface area contributed by atoms with Crippen LogP contribution in [0.15, 0.2) is 42.5 Å². The minimum absolute atomic E-state index is 0.0289. The molecule has 4 atom stereocenters. The van der Waals surface area contributed by atoms with Crippen molar-refractivity contribution in [3.8, 4) is 17.2 Å². The Hall–Kier alpha value is -2.53. The number of hydrogen-bond acceptors (Lipinski definition) is 5. The number of Topliss-reactive ketones (excluding diaryl/α,β-unsaturated/α-hetero) is 1. The molecule has 0 aromatic heterocycles. The van der Waals surface area contributed by atoms with Gasteiger partial charge in [-0.1, -0.05) is 57.5 Å². The highest BCUT2D eigenvalue weighted by Gasteiger charge is 2.82. The summed E-state index contributed by atoms with van der Waals surface area (Å²) in [5.41, 5.74) is 0.285. The molecule has 0 bridgehead atoms. The molecule has 0 spiro atoms. The lowest BCUT2D eigenvalue weighted by Gasteiger charge is -2.56. The van der Waals surface area contributed by atoms with Crippen molar-refractivity contribution in [3.63, 3.8) is 0 Å². The Kier molecular flexibility index (Phi) is 4.68. The summed E-state index contributed by atoms with van der Waals surface area (Å²) in [6.45, 7) is 9.70. The molecule has 5 heteroatoms. The van der Waals surface area contributed by atoms with Crippen LogP contribution in [0.1, 0.15) is 75.7 Å². The normalized spacial score (nSPS) is 34.6. The van der Waals surface area contributed by atoms with Crippen LogP contribution in [0, 0.1) is 16.7 Å². The molecule has 4 aliphatic rings. The van der Waals surface area contributed by atoms with Gasteiger partial charge in [0.25, 0.3) is 0 Å². The van der Waals surface area contributed by atoms with Crippen molar-refractivity contribution in [2.75, 3.05) is 6.79 Å². The molecule has 34 heavy (non-hydrogen) atoms. The Morgan fingerprint density at radius 3 is 2.50 bits per heavy atom. The van der Waals surface area contributed by atoms with Gasteiger partial charge in [0.2, 0.25) is 12.6 Å². The number of fused-ring (bicyclic) bond motifs is 4. The molecule has 0 N–H and O–H groups in total. The van der Waals surface area contributed by atoms with E-state index in [9.17, 15) is 4.79 Å². The predicted octanol–water partition coefficient (Wildman–Crippen LogP) is 6.33. The molecule has 2 aliphatic heterocycles. The van der Waals surface area contributed by atoms with E-state index in [2.05, 4.69) is 27.7 Å². The van der Waals surface area contributed by atoms with Crippen LogP contribution in [-0.2, 0) is 11.3 Å². The zero-order valence-electron chi connectivity index (χ0n) is 20.6. The van der Waals surface area contributed by atoms with Crippen molar-refractivity contribution < 1.29 is 23.7 Å². The SMILES string of the molecule is CC1(C)CCC[C@@]2(C)[C@H]1CC[C@@]1(C)O[C@]12C(=O)c1cc2c(cc1OCc1ccccc1)OCO2. The molecule has 2 heterocycles. The van der Waals surface area contributed by atoms with Gasteiger partial charge in [0, 0.05) is 11.5 Å². The summed E-state index contributed by atoms with van der Waals surface area (Å²) in [5, 5.41) is 0. The summed E-state index contributed by atoms with van der Waals surface area (Å²) in [6, 6.07) is 13.6. The van der Waals surface area contributed by atoms with E-state index in [1.54, 1.807) is 0 Å². The lowest BCUT2D eigenvalue weighted by Crippen LogP contribution is -2.59. The molecule has 3 fully saturated rings. The lowest BCUT2D eigenvalue weighted by atomic mass is 9.45. The zero-order valence-corrected chi connectivity index (χ0v) is 20.6. The van der Waals surface area contributed by atoms with E-state index in [1.165, 1.54) is 6.42 Å². The molecule has 0 unspecified atom stereocenters. The smallest absolute Gasteiger partial charge is 0.231 e. The van der Waals surface area contributed by atoms with Crippen LogP contribution in [-0.4, -0.2) is 23.8 Å². The van der Waals surface area contributed by atoms with Crippen molar-refractivity contribution >= 4 is 5.78 Å². The van der Waals surface area contributed by atoms with E-state index >= 15 is 0 Å². The Balaban J connectivity index is 1.41. The molecular weight excluding hydrogens is 428 g/mol. The number of benzene rings is 2. The second kappa shape index (κ2) is 7.24. The number of hydrogen-bond donors (Lipinski definition) is 0. The molecule has 5 nitrogen and oxygen atoms in total. The van der Waals surface area contributed by atoms with Crippen LogP contribution in [0.4, 0.5) is 0 Å². The van der Waals surface area contributed by atoms with Crippen molar-refractivity contribution in [2.24, 2.45) is 16.7 Å². The number of ketones is 1. The number of epoxide rings is 1. The van der Waals surface area contributed by atoms with Crippen molar-refractivity contribution in [2.45, 2.75) is 77.6 Å². The third kappa shape index (κ3) is 2.92. The Morgan fingerprint density at radius 2 is 1.74 bits per heavy atom. The van der Waals surface area contributed by atoms with E-state index in [0.29, 0.717) is 35.3 Å². The van der Waals surface area contributed by atoms with Crippen LogP contribution >= 0.6 is 0 Å². The topological polar surface area (TPSA) is 57.3 Å². The second-order valence-electron chi connectivity index (χ2n) is 11.7. The van der Waals surface area contributed by atoms with E-state index in [-0.39, 0.29) is 23.4 Å². The van der Waals surface area contributed by atoms with Gasteiger partial charge in [0.05, 0.1) is 5.56 Å². The minimum atomic E-state index is -0.834. The van der Waals surface area contributed by atoms with E-state index in [1.807, 2.05) is 42.5 Å². The summed E-state index contributed by atoms with van der Waals surface area (Å²) in [5.74, 6) is 2.21. The first-order chi connectivity index (χ1) is 16.2. The third-order valence-electron chi connectivity index (χ3n) is 9.30. The van der Waals surface area contributed by atoms with Gasteiger partial charge in [0.1, 0.15) is 18.0 Å². The predicted molar refractivity (Wildman–Crippen MR) is 128 cm³/mol. The summed E-state index contributed by atoms with van der Waals surface area (Å²) >= 11 is 0. The first-order valence-corrected chi connectivity index (χ1v) is 12.6. The average molecular weight is 463 g/mol. The first kappa shape index (κ1) is 22.0. The van der Waals surface area contributed by atoms with Gasteiger partial charge in [-0.2, -0.15) is 0 Å². The fourth-order valence-electron chi connectivity index (χ4n) is 7.62. The van der Waals surface area contributed by atoms with Crippen LogP contribution in [0.25, 0.3) is 0 Å². The second-order valence-corrected chi connectivity index (χ2v) is 11.7. The molecule has 0 radical (unpaired) electrons. The first-order valence-electron chi connectivity index (χ1n) is 12.6. The molecule has 180 valence electrons. The highest BCUT2D eigenvalue weighted by molar-refractivity contribution is 6.08.